The molecule has 2 aromatic heterocycles. The minimum atomic E-state index is -4.55. The Hall–Kier alpha value is -2.94. The summed E-state index contributed by atoms with van der Waals surface area (Å²) in [5.74, 6) is -0.000803. The largest absolute Gasteiger partial charge is 0.507 e. The summed E-state index contributed by atoms with van der Waals surface area (Å²) in [5.41, 5.74) is -0.0833. The van der Waals surface area contributed by atoms with E-state index in [-0.39, 0.29) is 16.7 Å². The van der Waals surface area contributed by atoms with Gasteiger partial charge < -0.3 is 15.1 Å². The molecule has 1 aliphatic carbocycles. The second-order valence-electron chi connectivity index (χ2n) is 7.76. The molecule has 3 heterocycles. The van der Waals surface area contributed by atoms with E-state index >= 15 is 0 Å². The summed E-state index contributed by atoms with van der Waals surface area (Å²) in [6.45, 7) is 1.10. The van der Waals surface area contributed by atoms with Crippen LogP contribution in [0.15, 0.2) is 36.5 Å². The van der Waals surface area contributed by atoms with E-state index in [0.717, 1.165) is 18.9 Å². The summed E-state index contributed by atoms with van der Waals surface area (Å²) in [4.78, 5) is 6.36. The third-order valence-electron chi connectivity index (χ3n) is 5.90. The number of fused-ring (bicyclic) bond motifs is 1. The van der Waals surface area contributed by atoms with Crippen molar-refractivity contribution in [1.82, 2.24) is 15.2 Å². The number of halogens is 3. The van der Waals surface area contributed by atoms with Gasteiger partial charge in [0.25, 0.3) is 0 Å². The van der Waals surface area contributed by atoms with E-state index in [0.29, 0.717) is 35.9 Å². The molecule has 150 valence electrons. The van der Waals surface area contributed by atoms with Crippen LogP contribution in [0.25, 0.3) is 22.2 Å². The number of hydrogen-bond donors (Lipinski definition) is 2. The van der Waals surface area contributed by atoms with Gasteiger partial charge in [-0.3, -0.25) is 4.98 Å². The maximum Gasteiger partial charge on any atom is 0.416 e. The van der Waals surface area contributed by atoms with Crippen LogP contribution in [0.3, 0.4) is 0 Å². The topological polar surface area (TPSA) is 82.4 Å². The number of alkyl halides is 3. The Kier molecular flexibility index (Phi) is 3.76. The molecule has 6 nitrogen and oxygen atoms in total. The Balaban J connectivity index is 1.61. The summed E-state index contributed by atoms with van der Waals surface area (Å²) >= 11 is 0. The first-order chi connectivity index (χ1) is 13.8. The number of aromatic nitrogens is 3. The highest BCUT2D eigenvalue weighted by Gasteiger charge is 2.55. The van der Waals surface area contributed by atoms with Gasteiger partial charge in [0.05, 0.1) is 11.7 Å². The highest BCUT2D eigenvalue weighted by Crippen LogP contribution is 2.53. The summed E-state index contributed by atoms with van der Waals surface area (Å²) in [5, 5.41) is 29.6. The lowest BCUT2D eigenvalue weighted by Crippen LogP contribution is -2.23. The Labute approximate surface area is 163 Å². The number of benzene rings is 1. The molecule has 5 rings (SSSR count). The van der Waals surface area contributed by atoms with Gasteiger partial charge in [-0.2, -0.15) is 13.2 Å². The molecule has 2 fully saturated rings. The number of phenols is 1. The predicted molar refractivity (Wildman–Crippen MR) is 99.3 cm³/mol. The Morgan fingerprint density at radius 2 is 1.93 bits per heavy atom. The SMILES string of the molecule is Oc1cc(C(F)(F)F)ccc1-c1nnc(N2CC(O)C3(CC3)C2)c2ncccc12. The van der Waals surface area contributed by atoms with E-state index in [1.165, 1.54) is 6.07 Å². The first-order valence-electron chi connectivity index (χ1n) is 9.23. The second kappa shape index (κ2) is 6.03. The normalized spacial score (nSPS) is 20.6. The van der Waals surface area contributed by atoms with Crippen LogP contribution >= 0.6 is 0 Å². The zero-order chi connectivity index (χ0) is 20.4. The Morgan fingerprint density at radius 3 is 2.59 bits per heavy atom. The van der Waals surface area contributed by atoms with Gasteiger partial charge >= 0.3 is 6.18 Å². The summed E-state index contributed by atoms with van der Waals surface area (Å²) in [6, 6.07) is 6.21. The van der Waals surface area contributed by atoms with E-state index in [2.05, 4.69) is 15.2 Å². The van der Waals surface area contributed by atoms with Crippen molar-refractivity contribution in [2.75, 3.05) is 18.0 Å². The first kappa shape index (κ1) is 18.1. The van der Waals surface area contributed by atoms with E-state index in [9.17, 15) is 23.4 Å². The van der Waals surface area contributed by atoms with Gasteiger partial charge in [0, 0.05) is 35.7 Å². The Bertz CT molecular complexity index is 1110. The monoisotopic (exact) mass is 402 g/mol. The molecule has 1 unspecified atom stereocenters. The van der Waals surface area contributed by atoms with Crippen molar-refractivity contribution in [3.8, 4) is 17.0 Å². The van der Waals surface area contributed by atoms with E-state index in [4.69, 9.17) is 0 Å². The molecule has 1 saturated carbocycles. The summed E-state index contributed by atoms with van der Waals surface area (Å²) in [6.07, 6.45) is -1.43. The van der Waals surface area contributed by atoms with Gasteiger partial charge in [-0.05, 0) is 43.2 Å². The van der Waals surface area contributed by atoms with Crippen molar-refractivity contribution >= 4 is 16.7 Å². The lowest BCUT2D eigenvalue weighted by molar-refractivity contribution is -0.137. The van der Waals surface area contributed by atoms with Crippen LogP contribution in [0.4, 0.5) is 19.0 Å². The third kappa shape index (κ3) is 2.88. The molecule has 0 amide bonds. The minimum absolute atomic E-state index is 0.0762. The van der Waals surface area contributed by atoms with Gasteiger partial charge in [-0.15, -0.1) is 10.2 Å². The molecule has 1 aromatic carbocycles. The fourth-order valence-corrected chi connectivity index (χ4v) is 4.06. The average molecular weight is 402 g/mol. The standard InChI is InChI=1S/C20H17F3N4O2/c21-20(22,23)11-3-4-12(14(28)8-11)16-13-2-1-7-24-17(13)18(26-25-16)27-9-15(29)19(10-27)5-6-19/h1-4,7-8,15,28-29H,5-6,9-10H2. The third-order valence-corrected chi connectivity index (χ3v) is 5.90. The zero-order valence-electron chi connectivity index (χ0n) is 15.2. The highest BCUT2D eigenvalue weighted by molar-refractivity contribution is 5.98. The van der Waals surface area contributed by atoms with E-state index < -0.39 is 23.6 Å². The van der Waals surface area contributed by atoms with Crippen LogP contribution in [0.1, 0.15) is 18.4 Å². The Morgan fingerprint density at radius 1 is 1.14 bits per heavy atom. The van der Waals surface area contributed by atoms with E-state index in [1.54, 1.807) is 18.3 Å². The molecule has 1 aliphatic heterocycles. The molecule has 1 saturated heterocycles. The van der Waals surface area contributed by atoms with Gasteiger partial charge in [0.1, 0.15) is 17.0 Å². The van der Waals surface area contributed by atoms with Crippen molar-refractivity contribution in [3.63, 3.8) is 0 Å². The second-order valence-corrected chi connectivity index (χ2v) is 7.76. The molecule has 2 aliphatic rings. The number of aromatic hydroxyl groups is 1. The molecule has 29 heavy (non-hydrogen) atoms. The first-order valence-corrected chi connectivity index (χ1v) is 9.23. The van der Waals surface area contributed by atoms with Gasteiger partial charge in [-0.1, -0.05) is 0 Å². The molecule has 3 aromatic rings. The van der Waals surface area contributed by atoms with Crippen molar-refractivity contribution in [3.05, 3.63) is 42.1 Å². The fraction of sp³-hybridized carbons (Fsp3) is 0.350. The number of β-amino-alcohol motifs (C(OH)–C–C–N with tert-alkyl or cyclic N) is 1. The molecule has 1 atom stereocenters. The smallest absolute Gasteiger partial charge is 0.416 e. The van der Waals surface area contributed by atoms with Gasteiger partial charge in [0.15, 0.2) is 5.82 Å². The highest BCUT2D eigenvalue weighted by atomic mass is 19.4. The maximum absolute atomic E-state index is 12.9. The zero-order valence-corrected chi connectivity index (χ0v) is 15.2. The van der Waals surface area contributed by atoms with Crippen LogP contribution in [-0.4, -0.2) is 44.6 Å². The molecule has 1 spiro atoms. The molecule has 0 bridgehead atoms. The van der Waals surface area contributed by atoms with Crippen molar-refractivity contribution < 1.29 is 23.4 Å². The number of rotatable bonds is 2. The number of aliphatic hydroxyl groups excluding tert-OH is 1. The van der Waals surface area contributed by atoms with Crippen LogP contribution in [-0.2, 0) is 6.18 Å². The van der Waals surface area contributed by atoms with Crippen LogP contribution in [0.5, 0.6) is 5.75 Å². The van der Waals surface area contributed by atoms with Gasteiger partial charge in [-0.25, -0.2) is 0 Å². The lowest BCUT2D eigenvalue weighted by atomic mass is 10.0. The number of phenolic OH excluding ortho intramolecular Hbond substituents is 1. The molecule has 2 N–H and O–H groups in total. The van der Waals surface area contributed by atoms with Gasteiger partial charge in [0.2, 0.25) is 0 Å². The number of hydrogen-bond acceptors (Lipinski definition) is 6. The lowest BCUT2D eigenvalue weighted by Gasteiger charge is -2.19. The van der Waals surface area contributed by atoms with Crippen molar-refractivity contribution in [2.24, 2.45) is 5.41 Å². The summed E-state index contributed by atoms with van der Waals surface area (Å²) < 4.78 is 38.7. The number of aliphatic hydroxyl groups is 1. The van der Waals surface area contributed by atoms with Crippen LogP contribution in [0.2, 0.25) is 0 Å². The van der Waals surface area contributed by atoms with Crippen molar-refractivity contribution in [2.45, 2.75) is 25.1 Å². The van der Waals surface area contributed by atoms with Crippen LogP contribution < -0.4 is 4.90 Å². The molecule has 9 heteroatoms. The number of anilines is 1. The number of nitrogens with zero attached hydrogens (tertiary/aromatic N) is 4. The van der Waals surface area contributed by atoms with E-state index in [1.807, 2.05) is 4.90 Å². The summed E-state index contributed by atoms with van der Waals surface area (Å²) in [7, 11) is 0. The quantitative estimate of drug-likeness (QED) is 0.684. The predicted octanol–water partition coefficient (Wildman–Crippen LogP) is 3.38. The molecule has 0 radical (unpaired) electrons. The molecular formula is C20H17F3N4O2. The number of pyridine rings is 1. The van der Waals surface area contributed by atoms with Crippen molar-refractivity contribution in [1.29, 1.82) is 0 Å². The van der Waals surface area contributed by atoms with Crippen LogP contribution in [0, 0.1) is 5.41 Å². The fourth-order valence-electron chi connectivity index (χ4n) is 4.06. The average Bonchev–Trinajstić information content (AvgIpc) is 3.39. The molecular weight excluding hydrogens is 385 g/mol. The minimum Gasteiger partial charge on any atom is -0.507 e. The maximum atomic E-state index is 12.9.